The smallest absolute Gasteiger partial charge is 0.317 e. The molecule has 0 aromatic heterocycles. The molecule has 0 aliphatic rings. The lowest BCUT2D eigenvalue weighted by Crippen LogP contribution is -2.34. The monoisotopic (exact) mass is 221 g/mol. The van der Waals surface area contributed by atoms with Crippen LogP contribution in [0.4, 0.5) is 0 Å². The van der Waals surface area contributed by atoms with Gasteiger partial charge < -0.3 is 5.11 Å². The maximum atomic E-state index is 10.5. The molecule has 1 rings (SSSR count). The Hall–Kier alpha value is -1.35. The summed E-state index contributed by atoms with van der Waals surface area (Å²) in [5.41, 5.74) is 1.30. The lowest BCUT2D eigenvalue weighted by molar-refractivity contribution is -0.138. The fourth-order valence-corrected chi connectivity index (χ4v) is 1.61. The average Bonchev–Trinajstić information content (AvgIpc) is 2.26. The first kappa shape index (κ1) is 12.7. The highest BCUT2D eigenvalue weighted by Crippen LogP contribution is 2.08. The van der Waals surface area contributed by atoms with E-state index in [1.54, 1.807) is 0 Å². The molecule has 3 heteroatoms. The summed E-state index contributed by atoms with van der Waals surface area (Å²) in [4.78, 5) is 12.4. The summed E-state index contributed by atoms with van der Waals surface area (Å²) in [6, 6.07) is 10.6. The van der Waals surface area contributed by atoms with Crippen LogP contribution in [0.1, 0.15) is 18.9 Å². The van der Waals surface area contributed by atoms with E-state index >= 15 is 0 Å². The first-order chi connectivity index (χ1) is 7.59. The molecule has 0 saturated carbocycles. The van der Waals surface area contributed by atoms with E-state index in [1.165, 1.54) is 5.56 Å². The predicted octanol–water partition coefficient (Wildman–Crippen LogP) is 2.02. The number of carboxylic acids is 1. The zero-order chi connectivity index (χ0) is 12.0. The minimum Gasteiger partial charge on any atom is -0.480 e. The Balaban J connectivity index is 2.35. The second kappa shape index (κ2) is 6.28. The minimum atomic E-state index is -0.769. The summed E-state index contributed by atoms with van der Waals surface area (Å²) >= 11 is 0. The molecule has 1 aromatic carbocycles. The number of benzene rings is 1. The van der Waals surface area contributed by atoms with Crippen molar-refractivity contribution in [1.29, 1.82) is 0 Å². The van der Waals surface area contributed by atoms with E-state index < -0.39 is 5.97 Å². The second-order valence-corrected chi connectivity index (χ2v) is 4.18. The molecule has 0 saturated heterocycles. The van der Waals surface area contributed by atoms with E-state index in [2.05, 4.69) is 19.1 Å². The molecule has 0 amide bonds. The molecule has 1 atom stereocenters. The van der Waals surface area contributed by atoms with Gasteiger partial charge in [0, 0.05) is 6.04 Å². The van der Waals surface area contributed by atoms with Crippen molar-refractivity contribution in [1.82, 2.24) is 4.90 Å². The van der Waals surface area contributed by atoms with Gasteiger partial charge in [0.1, 0.15) is 0 Å². The van der Waals surface area contributed by atoms with Gasteiger partial charge in [-0.05, 0) is 32.4 Å². The zero-order valence-electron chi connectivity index (χ0n) is 9.89. The molecule has 16 heavy (non-hydrogen) atoms. The van der Waals surface area contributed by atoms with Gasteiger partial charge in [-0.2, -0.15) is 0 Å². The first-order valence-electron chi connectivity index (χ1n) is 5.55. The fraction of sp³-hybridized carbons (Fsp3) is 0.462. The molecule has 0 aliphatic carbocycles. The topological polar surface area (TPSA) is 40.5 Å². The van der Waals surface area contributed by atoms with Gasteiger partial charge in [-0.1, -0.05) is 30.3 Å². The fourth-order valence-electron chi connectivity index (χ4n) is 1.61. The molecular formula is C13H19NO2. The van der Waals surface area contributed by atoms with Crippen LogP contribution in [0.2, 0.25) is 0 Å². The third-order valence-corrected chi connectivity index (χ3v) is 2.83. The van der Waals surface area contributed by atoms with Crippen LogP contribution in [0.25, 0.3) is 0 Å². The molecule has 88 valence electrons. The van der Waals surface area contributed by atoms with Crippen molar-refractivity contribution < 1.29 is 9.90 Å². The van der Waals surface area contributed by atoms with Gasteiger partial charge in [0.25, 0.3) is 0 Å². The highest BCUT2D eigenvalue weighted by Gasteiger charge is 2.11. The van der Waals surface area contributed by atoms with Crippen molar-refractivity contribution in [2.75, 3.05) is 13.6 Å². The summed E-state index contributed by atoms with van der Waals surface area (Å²) in [6.45, 7) is 2.17. The molecular weight excluding hydrogens is 202 g/mol. The van der Waals surface area contributed by atoms with Gasteiger partial charge in [-0.15, -0.1) is 0 Å². The van der Waals surface area contributed by atoms with Crippen LogP contribution >= 0.6 is 0 Å². The number of rotatable bonds is 6. The molecule has 1 aromatic rings. The van der Waals surface area contributed by atoms with Crippen molar-refractivity contribution in [3.05, 3.63) is 35.9 Å². The van der Waals surface area contributed by atoms with E-state index in [0.717, 1.165) is 12.8 Å². The molecule has 0 heterocycles. The number of hydrogen-bond donors (Lipinski definition) is 1. The number of aryl methyl sites for hydroxylation is 1. The van der Waals surface area contributed by atoms with Gasteiger partial charge in [0.05, 0.1) is 6.54 Å². The molecule has 1 N–H and O–H groups in total. The van der Waals surface area contributed by atoms with Gasteiger partial charge in [0.2, 0.25) is 0 Å². The number of nitrogens with zero attached hydrogens (tertiary/aromatic N) is 1. The lowest BCUT2D eigenvalue weighted by Gasteiger charge is -2.22. The SMILES string of the molecule is CC(CCc1ccccc1)N(C)CC(=O)O. The van der Waals surface area contributed by atoms with Gasteiger partial charge in [-0.3, -0.25) is 9.69 Å². The van der Waals surface area contributed by atoms with E-state index in [-0.39, 0.29) is 12.6 Å². The third kappa shape index (κ3) is 4.45. The summed E-state index contributed by atoms with van der Waals surface area (Å²) in [7, 11) is 1.85. The normalized spacial score (nSPS) is 12.7. The number of hydrogen-bond acceptors (Lipinski definition) is 2. The number of carbonyl (C=O) groups is 1. The van der Waals surface area contributed by atoms with Crippen LogP contribution in [0.15, 0.2) is 30.3 Å². The highest BCUT2D eigenvalue weighted by atomic mass is 16.4. The summed E-state index contributed by atoms with van der Waals surface area (Å²) in [6.07, 6.45) is 1.97. The largest absolute Gasteiger partial charge is 0.480 e. The standard InChI is InChI=1S/C13H19NO2/c1-11(14(2)10-13(15)16)8-9-12-6-4-3-5-7-12/h3-7,11H,8-10H2,1-2H3,(H,15,16). The van der Waals surface area contributed by atoms with E-state index in [9.17, 15) is 4.79 Å². The third-order valence-electron chi connectivity index (χ3n) is 2.83. The lowest BCUT2D eigenvalue weighted by atomic mass is 10.1. The zero-order valence-corrected chi connectivity index (χ0v) is 9.89. The van der Waals surface area contributed by atoms with Crippen molar-refractivity contribution in [3.63, 3.8) is 0 Å². The summed E-state index contributed by atoms with van der Waals surface area (Å²) < 4.78 is 0. The Morgan fingerprint density at radius 1 is 1.38 bits per heavy atom. The maximum absolute atomic E-state index is 10.5. The van der Waals surface area contributed by atoms with Gasteiger partial charge in [-0.25, -0.2) is 0 Å². The molecule has 1 unspecified atom stereocenters. The Bertz CT molecular complexity index is 324. The van der Waals surface area contributed by atoms with Gasteiger partial charge >= 0.3 is 5.97 Å². The van der Waals surface area contributed by atoms with Crippen molar-refractivity contribution >= 4 is 5.97 Å². The van der Waals surface area contributed by atoms with Crippen molar-refractivity contribution in [3.8, 4) is 0 Å². The van der Waals surface area contributed by atoms with Gasteiger partial charge in [0.15, 0.2) is 0 Å². The first-order valence-corrected chi connectivity index (χ1v) is 5.55. The summed E-state index contributed by atoms with van der Waals surface area (Å²) in [5.74, 6) is -0.769. The average molecular weight is 221 g/mol. The maximum Gasteiger partial charge on any atom is 0.317 e. The van der Waals surface area contributed by atoms with Crippen molar-refractivity contribution in [2.45, 2.75) is 25.8 Å². The predicted molar refractivity (Wildman–Crippen MR) is 64.5 cm³/mol. The highest BCUT2D eigenvalue weighted by molar-refractivity contribution is 5.69. The molecule has 0 fully saturated rings. The molecule has 0 aliphatic heterocycles. The number of likely N-dealkylation sites (N-methyl/N-ethyl adjacent to an activating group) is 1. The van der Waals surface area contributed by atoms with Crippen LogP contribution in [-0.2, 0) is 11.2 Å². The number of aliphatic carboxylic acids is 1. The molecule has 3 nitrogen and oxygen atoms in total. The van der Waals surface area contributed by atoms with Crippen LogP contribution in [0.5, 0.6) is 0 Å². The van der Waals surface area contributed by atoms with Crippen LogP contribution in [-0.4, -0.2) is 35.6 Å². The van der Waals surface area contributed by atoms with E-state index in [1.807, 2.05) is 30.1 Å². The molecule has 0 bridgehead atoms. The van der Waals surface area contributed by atoms with E-state index in [4.69, 9.17) is 5.11 Å². The quantitative estimate of drug-likeness (QED) is 0.799. The molecule has 0 spiro atoms. The van der Waals surface area contributed by atoms with Crippen molar-refractivity contribution in [2.24, 2.45) is 0 Å². The van der Waals surface area contributed by atoms with Crippen LogP contribution in [0.3, 0.4) is 0 Å². The Kier molecular flexibility index (Phi) is 4.99. The second-order valence-electron chi connectivity index (χ2n) is 4.18. The number of carboxylic acid groups (broad SMARTS) is 1. The van der Waals surface area contributed by atoms with Crippen LogP contribution < -0.4 is 0 Å². The Labute approximate surface area is 96.7 Å². The minimum absolute atomic E-state index is 0.107. The molecule has 0 radical (unpaired) electrons. The van der Waals surface area contributed by atoms with Crippen LogP contribution in [0, 0.1) is 0 Å². The summed E-state index contributed by atoms with van der Waals surface area (Å²) in [5, 5.41) is 8.68. The Morgan fingerprint density at radius 3 is 2.56 bits per heavy atom. The Morgan fingerprint density at radius 2 is 2.00 bits per heavy atom. The van der Waals surface area contributed by atoms with E-state index in [0.29, 0.717) is 0 Å².